The number of halogens is 3. The summed E-state index contributed by atoms with van der Waals surface area (Å²) in [6, 6.07) is 0. The van der Waals surface area contributed by atoms with E-state index in [-0.39, 0.29) is 6.42 Å². The quantitative estimate of drug-likeness (QED) is 0.825. The predicted octanol–water partition coefficient (Wildman–Crippen LogP) is 4.00. The van der Waals surface area contributed by atoms with Gasteiger partial charge in [0.15, 0.2) is 0 Å². The van der Waals surface area contributed by atoms with E-state index in [2.05, 4.69) is 25.9 Å². The van der Waals surface area contributed by atoms with Gasteiger partial charge in [-0.2, -0.15) is 0 Å². The van der Waals surface area contributed by atoms with Gasteiger partial charge in [-0.15, -0.1) is 0 Å². The van der Waals surface area contributed by atoms with Crippen LogP contribution < -0.4 is 0 Å². The van der Waals surface area contributed by atoms with Gasteiger partial charge >= 0.3 is 0 Å². The van der Waals surface area contributed by atoms with Gasteiger partial charge in [0.25, 0.3) is 5.92 Å². The van der Waals surface area contributed by atoms with Crippen molar-refractivity contribution < 1.29 is 8.78 Å². The zero-order valence-corrected chi connectivity index (χ0v) is 11.5. The minimum absolute atomic E-state index is 0.0780. The van der Waals surface area contributed by atoms with Crippen molar-refractivity contribution in [1.82, 2.24) is 9.97 Å². The minimum Gasteiger partial charge on any atom is -0.252 e. The van der Waals surface area contributed by atoms with Crippen molar-refractivity contribution in [1.29, 1.82) is 0 Å². The van der Waals surface area contributed by atoms with E-state index >= 15 is 0 Å². The van der Waals surface area contributed by atoms with E-state index in [4.69, 9.17) is 0 Å². The van der Waals surface area contributed by atoms with Crippen molar-refractivity contribution in [2.75, 3.05) is 0 Å². The van der Waals surface area contributed by atoms with E-state index in [1.54, 1.807) is 26.1 Å². The second kappa shape index (κ2) is 3.83. The summed E-state index contributed by atoms with van der Waals surface area (Å²) in [5.41, 5.74) is 1.02. The lowest BCUT2D eigenvalue weighted by molar-refractivity contribution is 0.0815. The molecular weight excluding hydrogens is 290 g/mol. The molecule has 0 radical (unpaired) electrons. The molecule has 0 bridgehead atoms. The number of aromatic nitrogens is 2. The Morgan fingerprint density at radius 3 is 2.59 bits per heavy atom. The number of nitrogens with zero attached hydrogens (tertiary/aromatic N) is 2. The summed E-state index contributed by atoms with van der Waals surface area (Å²) in [7, 11) is 0. The van der Waals surface area contributed by atoms with Gasteiger partial charge in [0.05, 0.1) is 23.0 Å². The number of rotatable bonds is 2. The highest BCUT2D eigenvalue weighted by Crippen LogP contribution is 2.64. The summed E-state index contributed by atoms with van der Waals surface area (Å²) in [5, 5.41) is 0. The van der Waals surface area contributed by atoms with Crippen LogP contribution in [0.3, 0.4) is 0 Å². The van der Waals surface area contributed by atoms with Crippen molar-refractivity contribution in [2.24, 2.45) is 5.41 Å². The lowest BCUT2D eigenvalue weighted by Gasteiger charge is -2.11. The van der Waals surface area contributed by atoms with Crippen LogP contribution in [-0.4, -0.2) is 15.9 Å². The molecular formula is C12H13BrF2N2. The van der Waals surface area contributed by atoms with Gasteiger partial charge in [-0.1, -0.05) is 5.57 Å². The first-order valence-electron chi connectivity index (χ1n) is 5.32. The van der Waals surface area contributed by atoms with Crippen LogP contribution in [0.2, 0.25) is 0 Å². The summed E-state index contributed by atoms with van der Waals surface area (Å²) in [6.07, 6.45) is 3.19. The number of aryl methyl sites for hydroxylation is 1. The van der Waals surface area contributed by atoms with Crippen molar-refractivity contribution in [3.63, 3.8) is 0 Å². The molecule has 1 heterocycles. The number of allylic oxidation sites excluding steroid dienone is 1. The molecule has 0 aliphatic heterocycles. The lowest BCUT2D eigenvalue weighted by Crippen LogP contribution is -2.08. The second-order valence-corrected chi connectivity index (χ2v) is 5.52. The zero-order valence-electron chi connectivity index (χ0n) is 9.89. The fourth-order valence-electron chi connectivity index (χ4n) is 1.80. The van der Waals surface area contributed by atoms with Gasteiger partial charge in [0.1, 0.15) is 4.60 Å². The monoisotopic (exact) mass is 302 g/mol. The number of hydrogen-bond acceptors (Lipinski definition) is 2. The maximum absolute atomic E-state index is 13.2. The molecule has 1 saturated carbocycles. The first-order valence-corrected chi connectivity index (χ1v) is 6.11. The van der Waals surface area contributed by atoms with E-state index in [0.29, 0.717) is 15.9 Å². The summed E-state index contributed by atoms with van der Waals surface area (Å²) < 4.78 is 27.1. The normalized spacial score (nSPS) is 27.1. The van der Waals surface area contributed by atoms with Gasteiger partial charge in [-0.3, -0.25) is 4.98 Å². The summed E-state index contributed by atoms with van der Waals surface area (Å²) in [5.74, 6) is -2.58. The molecule has 0 saturated heterocycles. The molecule has 0 N–H and O–H groups in total. The maximum Gasteiger partial charge on any atom is 0.258 e. The molecule has 1 aromatic heterocycles. The molecule has 0 spiro atoms. The van der Waals surface area contributed by atoms with Crippen molar-refractivity contribution in [3.8, 4) is 0 Å². The van der Waals surface area contributed by atoms with Gasteiger partial charge in [-0.25, -0.2) is 13.8 Å². The maximum atomic E-state index is 13.2. The molecule has 1 aliphatic carbocycles. The van der Waals surface area contributed by atoms with E-state index in [1.165, 1.54) is 0 Å². The third-order valence-corrected chi connectivity index (χ3v) is 3.82. The smallest absolute Gasteiger partial charge is 0.252 e. The van der Waals surface area contributed by atoms with Crippen molar-refractivity contribution in [2.45, 2.75) is 33.1 Å². The molecule has 1 unspecified atom stereocenters. The Morgan fingerprint density at radius 1 is 1.53 bits per heavy atom. The van der Waals surface area contributed by atoms with Crippen LogP contribution in [0.25, 0.3) is 6.08 Å². The largest absolute Gasteiger partial charge is 0.258 e. The molecule has 2 rings (SSSR count). The average molecular weight is 303 g/mol. The highest BCUT2D eigenvalue weighted by atomic mass is 79.9. The van der Waals surface area contributed by atoms with Crippen LogP contribution in [0.15, 0.2) is 16.4 Å². The minimum atomic E-state index is -2.58. The van der Waals surface area contributed by atoms with E-state index in [1.807, 2.05) is 6.92 Å². The standard InChI is InChI=1S/C12H13BrF2N2/c1-7(11(3)6-12(11,14)15)4-9-8(2)17-10(13)5-16-9/h4-5H,6H2,1-3H3/b7-4+. The highest BCUT2D eigenvalue weighted by molar-refractivity contribution is 9.10. The van der Waals surface area contributed by atoms with Crippen LogP contribution in [0.1, 0.15) is 31.7 Å². The Balaban J connectivity index is 2.31. The van der Waals surface area contributed by atoms with E-state index in [0.717, 1.165) is 5.69 Å². The molecule has 0 amide bonds. The molecule has 0 aromatic carbocycles. The fourth-order valence-corrected chi connectivity index (χ4v) is 2.16. The van der Waals surface area contributed by atoms with E-state index in [9.17, 15) is 8.78 Å². The summed E-state index contributed by atoms with van der Waals surface area (Å²) in [6.45, 7) is 5.12. The first-order chi connectivity index (χ1) is 7.76. The number of alkyl halides is 2. The van der Waals surface area contributed by atoms with Crippen LogP contribution in [0.5, 0.6) is 0 Å². The van der Waals surface area contributed by atoms with Gasteiger partial charge in [0.2, 0.25) is 0 Å². The molecule has 1 aliphatic rings. The van der Waals surface area contributed by atoms with Gasteiger partial charge < -0.3 is 0 Å². The second-order valence-electron chi connectivity index (χ2n) is 4.70. The highest BCUT2D eigenvalue weighted by Gasteiger charge is 2.68. The van der Waals surface area contributed by atoms with E-state index < -0.39 is 11.3 Å². The SMILES string of the molecule is C/C(=C\c1ncc(Br)nc1C)C1(C)CC1(F)F. The molecule has 1 aromatic rings. The first kappa shape index (κ1) is 12.6. The van der Waals surface area contributed by atoms with Crippen molar-refractivity contribution in [3.05, 3.63) is 27.8 Å². The summed E-state index contributed by atoms with van der Waals surface area (Å²) >= 11 is 3.22. The van der Waals surface area contributed by atoms with Crippen LogP contribution >= 0.6 is 15.9 Å². The topological polar surface area (TPSA) is 25.8 Å². The molecule has 92 valence electrons. The van der Waals surface area contributed by atoms with Crippen LogP contribution in [0.4, 0.5) is 8.78 Å². The Bertz CT molecular complexity index is 499. The Hall–Kier alpha value is -0.840. The third-order valence-electron chi connectivity index (χ3n) is 3.44. The Morgan fingerprint density at radius 2 is 2.12 bits per heavy atom. The average Bonchev–Trinajstić information content (AvgIpc) is 2.72. The number of hydrogen-bond donors (Lipinski definition) is 0. The van der Waals surface area contributed by atoms with Gasteiger partial charge in [-0.05, 0) is 42.8 Å². The van der Waals surface area contributed by atoms with Crippen LogP contribution in [0, 0.1) is 12.3 Å². The third kappa shape index (κ3) is 2.12. The summed E-state index contributed by atoms with van der Waals surface area (Å²) in [4.78, 5) is 8.36. The molecule has 1 fully saturated rings. The van der Waals surface area contributed by atoms with Gasteiger partial charge in [0, 0.05) is 6.42 Å². The Kier molecular flexibility index (Phi) is 2.84. The Labute approximate surface area is 107 Å². The predicted molar refractivity (Wildman–Crippen MR) is 65.8 cm³/mol. The molecule has 1 atom stereocenters. The lowest BCUT2D eigenvalue weighted by atomic mass is 9.97. The van der Waals surface area contributed by atoms with Crippen LogP contribution in [-0.2, 0) is 0 Å². The molecule has 17 heavy (non-hydrogen) atoms. The molecule has 2 nitrogen and oxygen atoms in total. The fraction of sp³-hybridized carbons (Fsp3) is 0.500. The zero-order chi connectivity index (χ0) is 12.8. The van der Waals surface area contributed by atoms with Crippen molar-refractivity contribution >= 4 is 22.0 Å². The molecule has 5 heteroatoms.